The molecule has 0 saturated heterocycles. The first-order chi connectivity index (χ1) is 10.1. The van der Waals surface area contributed by atoms with E-state index in [0.29, 0.717) is 35.7 Å². The third kappa shape index (κ3) is 3.87. The van der Waals surface area contributed by atoms with Gasteiger partial charge in [-0.1, -0.05) is 0 Å². The molecular weight excluding hydrogens is 268 g/mol. The number of nitrogen functional groups attached to an aromatic ring is 2. The summed E-state index contributed by atoms with van der Waals surface area (Å²) in [5.74, 6) is 1.28. The molecule has 0 aliphatic carbocycles. The van der Waals surface area contributed by atoms with Crippen LogP contribution in [-0.4, -0.2) is 23.4 Å². The van der Waals surface area contributed by atoms with Gasteiger partial charge in [-0.05, 0) is 60.4 Å². The molecule has 5 nitrogen and oxygen atoms in total. The molecule has 5 heteroatoms. The zero-order chi connectivity index (χ0) is 15.2. The van der Waals surface area contributed by atoms with Gasteiger partial charge in [0, 0.05) is 24.6 Å². The van der Waals surface area contributed by atoms with Gasteiger partial charge < -0.3 is 26.4 Å². The molecule has 2 rings (SSSR count). The minimum absolute atomic E-state index is 0.0189. The highest BCUT2D eigenvalue weighted by molar-refractivity contribution is 5.52. The summed E-state index contributed by atoms with van der Waals surface area (Å²) in [4.78, 5) is 0. The second-order valence-corrected chi connectivity index (χ2v) is 4.78. The lowest BCUT2D eigenvalue weighted by Crippen LogP contribution is -2.01. The van der Waals surface area contributed by atoms with Crippen molar-refractivity contribution in [1.82, 2.24) is 0 Å². The first-order valence-electron chi connectivity index (χ1n) is 6.80. The number of aliphatic hydroxyl groups is 2. The highest BCUT2D eigenvalue weighted by Gasteiger charge is 2.09. The quantitative estimate of drug-likeness (QED) is 0.606. The van der Waals surface area contributed by atoms with Crippen molar-refractivity contribution >= 4 is 11.4 Å². The Hall–Kier alpha value is -2.24. The van der Waals surface area contributed by atoms with E-state index in [9.17, 15) is 0 Å². The highest BCUT2D eigenvalue weighted by atomic mass is 16.5. The van der Waals surface area contributed by atoms with Gasteiger partial charge in [0.2, 0.25) is 0 Å². The van der Waals surface area contributed by atoms with Gasteiger partial charge >= 0.3 is 0 Å². The number of nitrogens with two attached hydrogens (primary N) is 2. The van der Waals surface area contributed by atoms with E-state index >= 15 is 0 Å². The molecular formula is C16H20N2O3. The minimum atomic E-state index is 0.0189. The molecule has 112 valence electrons. The predicted octanol–water partition coefficient (Wildman–Crippen LogP) is 1.71. The van der Waals surface area contributed by atoms with Crippen LogP contribution in [0.4, 0.5) is 11.4 Å². The van der Waals surface area contributed by atoms with E-state index in [0.717, 1.165) is 11.1 Å². The fourth-order valence-corrected chi connectivity index (χ4v) is 2.15. The van der Waals surface area contributed by atoms with Crippen LogP contribution in [0.5, 0.6) is 11.5 Å². The van der Waals surface area contributed by atoms with Crippen LogP contribution in [0.15, 0.2) is 36.4 Å². The molecule has 0 aromatic heterocycles. The summed E-state index contributed by atoms with van der Waals surface area (Å²) in [6.07, 6.45) is 0.926. The Balaban J connectivity index is 2.33. The lowest BCUT2D eigenvalue weighted by atomic mass is 10.1. The summed E-state index contributed by atoms with van der Waals surface area (Å²) in [7, 11) is 0. The molecule has 0 atom stereocenters. The van der Waals surface area contributed by atoms with Crippen molar-refractivity contribution in [2.75, 3.05) is 24.7 Å². The SMILES string of the molecule is Nc1ccc(Oc2ccc(N)cc2CCO)c(CCO)c1. The molecule has 0 aliphatic heterocycles. The van der Waals surface area contributed by atoms with Gasteiger partial charge in [0.25, 0.3) is 0 Å². The van der Waals surface area contributed by atoms with Crippen molar-refractivity contribution in [3.05, 3.63) is 47.5 Å². The molecule has 6 N–H and O–H groups in total. The fourth-order valence-electron chi connectivity index (χ4n) is 2.15. The van der Waals surface area contributed by atoms with E-state index in [1.165, 1.54) is 0 Å². The van der Waals surface area contributed by atoms with Crippen LogP contribution in [0.3, 0.4) is 0 Å². The molecule has 2 aromatic rings. The second-order valence-electron chi connectivity index (χ2n) is 4.78. The van der Waals surface area contributed by atoms with Crippen molar-refractivity contribution < 1.29 is 14.9 Å². The van der Waals surface area contributed by atoms with Gasteiger partial charge in [0.1, 0.15) is 11.5 Å². The van der Waals surface area contributed by atoms with Gasteiger partial charge in [-0.15, -0.1) is 0 Å². The Labute approximate surface area is 123 Å². The lowest BCUT2D eigenvalue weighted by molar-refractivity contribution is 0.296. The van der Waals surface area contributed by atoms with Crippen molar-refractivity contribution in [2.45, 2.75) is 12.8 Å². The Bertz CT molecular complexity index is 561. The Morgan fingerprint density at radius 2 is 1.19 bits per heavy atom. The summed E-state index contributed by atoms with van der Waals surface area (Å²) >= 11 is 0. The highest BCUT2D eigenvalue weighted by Crippen LogP contribution is 2.31. The topological polar surface area (TPSA) is 102 Å². The van der Waals surface area contributed by atoms with Gasteiger partial charge in [-0.25, -0.2) is 0 Å². The first-order valence-corrected chi connectivity index (χ1v) is 6.80. The van der Waals surface area contributed by atoms with Crippen LogP contribution < -0.4 is 16.2 Å². The number of hydrogen-bond acceptors (Lipinski definition) is 5. The number of rotatable bonds is 6. The molecule has 0 heterocycles. The number of benzene rings is 2. The van der Waals surface area contributed by atoms with Gasteiger partial charge in [-0.3, -0.25) is 0 Å². The van der Waals surface area contributed by atoms with Crippen molar-refractivity contribution in [3.63, 3.8) is 0 Å². The van der Waals surface area contributed by atoms with Crippen LogP contribution in [0, 0.1) is 0 Å². The molecule has 0 fully saturated rings. The maximum atomic E-state index is 9.13. The van der Waals surface area contributed by atoms with Gasteiger partial charge in [0.15, 0.2) is 0 Å². The molecule has 0 spiro atoms. The van der Waals surface area contributed by atoms with Gasteiger partial charge in [-0.2, -0.15) is 0 Å². The predicted molar refractivity (Wildman–Crippen MR) is 83.4 cm³/mol. The number of anilines is 2. The zero-order valence-electron chi connectivity index (χ0n) is 11.7. The van der Waals surface area contributed by atoms with E-state index in [2.05, 4.69) is 0 Å². The molecule has 0 bridgehead atoms. The van der Waals surface area contributed by atoms with Crippen molar-refractivity contribution in [1.29, 1.82) is 0 Å². The number of ether oxygens (including phenoxy) is 1. The summed E-state index contributed by atoms with van der Waals surface area (Å²) in [5, 5.41) is 18.3. The summed E-state index contributed by atoms with van der Waals surface area (Å²) < 4.78 is 5.92. The maximum absolute atomic E-state index is 9.13. The minimum Gasteiger partial charge on any atom is -0.457 e. The van der Waals surface area contributed by atoms with Crippen LogP contribution in [0.2, 0.25) is 0 Å². The zero-order valence-corrected chi connectivity index (χ0v) is 11.7. The van der Waals surface area contributed by atoms with Crippen LogP contribution in [-0.2, 0) is 12.8 Å². The Morgan fingerprint density at radius 3 is 1.57 bits per heavy atom. The number of hydrogen-bond donors (Lipinski definition) is 4. The van der Waals surface area contributed by atoms with E-state index < -0.39 is 0 Å². The monoisotopic (exact) mass is 288 g/mol. The lowest BCUT2D eigenvalue weighted by Gasteiger charge is -2.14. The summed E-state index contributed by atoms with van der Waals surface area (Å²) in [5.41, 5.74) is 14.4. The summed E-state index contributed by atoms with van der Waals surface area (Å²) in [6.45, 7) is 0.0378. The van der Waals surface area contributed by atoms with E-state index in [1.807, 2.05) is 0 Å². The molecule has 0 radical (unpaired) electrons. The molecule has 21 heavy (non-hydrogen) atoms. The molecule has 0 aliphatic rings. The largest absolute Gasteiger partial charge is 0.457 e. The van der Waals surface area contributed by atoms with Gasteiger partial charge in [0.05, 0.1) is 0 Å². The van der Waals surface area contributed by atoms with E-state index in [1.54, 1.807) is 36.4 Å². The average Bonchev–Trinajstić information content (AvgIpc) is 2.45. The third-order valence-corrected chi connectivity index (χ3v) is 3.15. The van der Waals surface area contributed by atoms with E-state index in [4.69, 9.17) is 26.4 Å². The normalized spacial score (nSPS) is 10.6. The average molecular weight is 288 g/mol. The molecule has 2 aromatic carbocycles. The number of aliphatic hydroxyl groups excluding tert-OH is 2. The maximum Gasteiger partial charge on any atom is 0.130 e. The van der Waals surface area contributed by atoms with Crippen molar-refractivity contribution in [2.24, 2.45) is 0 Å². The standard InChI is InChI=1S/C16H20N2O3/c17-13-1-3-15(11(9-13)5-7-19)21-16-4-2-14(18)10-12(16)6-8-20/h1-4,9-10,19-20H,5-8,17-18H2. The Kier molecular flexibility index (Phi) is 5.03. The van der Waals surface area contributed by atoms with Crippen molar-refractivity contribution in [3.8, 4) is 11.5 Å². The molecule has 0 amide bonds. The molecule has 0 saturated carbocycles. The van der Waals surface area contributed by atoms with E-state index in [-0.39, 0.29) is 13.2 Å². The van der Waals surface area contributed by atoms with Crippen LogP contribution in [0.25, 0.3) is 0 Å². The fraction of sp³-hybridized carbons (Fsp3) is 0.250. The smallest absolute Gasteiger partial charge is 0.130 e. The second kappa shape index (κ2) is 6.97. The van der Waals surface area contributed by atoms with Crippen LogP contribution in [0.1, 0.15) is 11.1 Å². The molecule has 0 unspecified atom stereocenters. The third-order valence-electron chi connectivity index (χ3n) is 3.15. The first kappa shape index (κ1) is 15.2. The Morgan fingerprint density at radius 1 is 0.762 bits per heavy atom. The summed E-state index contributed by atoms with van der Waals surface area (Å²) in [6, 6.07) is 10.6. The van der Waals surface area contributed by atoms with Crippen LogP contribution >= 0.6 is 0 Å².